The molecule has 1 aromatic carbocycles. The molecular weight excluding hydrogens is 449 g/mol. The second-order valence-corrected chi connectivity index (χ2v) is 8.58. The zero-order chi connectivity index (χ0) is 22.0. The third-order valence-electron chi connectivity index (χ3n) is 4.51. The van der Waals surface area contributed by atoms with Gasteiger partial charge in [0.25, 0.3) is 5.56 Å². The van der Waals surface area contributed by atoms with Crippen LogP contribution in [0, 0.1) is 0 Å². The summed E-state index contributed by atoms with van der Waals surface area (Å²) in [5.74, 6) is 0.547. The molecule has 0 spiro atoms. The summed E-state index contributed by atoms with van der Waals surface area (Å²) in [6.07, 6.45) is -2.68. The Morgan fingerprint density at radius 2 is 2.06 bits per heavy atom. The van der Waals surface area contributed by atoms with Crippen LogP contribution in [0.1, 0.15) is 31.2 Å². The summed E-state index contributed by atoms with van der Waals surface area (Å²) in [4.78, 5) is 21.6. The van der Waals surface area contributed by atoms with Gasteiger partial charge in [-0.15, -0.1) is 11.3 Å². The standard InChI is InChI=1S/C20H17F3N4O2S2/c1-2-3-8-27-18(28)16-14(7-9-30-16)24-19(27)31-11-15-25-17(26-29-15)12-5-4-6-13(10-12)20(21,22)23/h4-7,9-10H,2-3,8,11H2,1H3. The van der Waals surface area contributed by atoms with Crippen molar-refractivity contribution in [1.82, 2.24) is 19.7 Å². The van der Waals surface area contributed by atoms with Crippen molar-refractivity contribution in [2.45, 2.75) is 43.4 Å². The predicted octanol–water partition coefficient (Wildman–Crippen LogP) is 5.62. The fraction of sp³-hybridized carbons (Fsp3) is 0.300. The highest BCUT2D eigenvalue weighted by Gasteiger charge is 2.30. The molecule has 0 unspecified atom stereocenters. The van der Waals surface area contributed by atoms with E-state index in [2.05, 4.69) is 15.1 Å². The highest BCUT2D eigenvalue weighted by Crippen LogP contribution is 2.32. The van der Waals surface area contributed by atoms with Gasteiger partial charge in [0.05, 0.1) is 16.8 Å². The highest BCUT2D eigenvalue weighted by atomic mass is 32.2. The number of unbranched alkanes of at least 4 members (excludes halogenated alkanes) is 1. The fourth-order valence-corrected chi connectivity index (χ4v) is 4.58. The second kappa shape index (κ2) is 8.83. The van der Waals surface area contributed by atoms with Gasteiger partial charge in [-0.05, 0) is 30.0 Å². The number of rotatable bonds is 7. The zero-order valence-electron chi connectivity index (χ0n) is 16.3. The molecule has 0 N–H and O–H groups in total. The number of halogens is 3. The van der Waals surface area contributed by atoms with E-state index in [1.54, 1.807) is 10.6 Å². The molecule has 0 saturated heterocycles. The van der Waals surface area contributed by atoms with Gasteiger partial charge in [0.15, 0.2) is 5.16 Å². The minimum atomic E-state index is -4.45. The first-order chi connectivity index (χ1) is 14.9. The molecule has 6 nitrogen and oxygen atoms in total. The van der Waals surface area contributed by atoms with Crippen molar-refractivity contribution in [3.63, 3.8) is 0 Å². The molecule has 31 heavy (non-hydrogen) atoms. The van der Waals surface area contributed by atoms with E-state index in [-0.39, 0.29) is 28.6 Å². The molecule has 0 saturated carbocycles. The number of nitrogens with zero attached hydrogens (tertiary/aromatic N) is 4. The van der Waals surface area contributed by atoms with Crippen LogP contribution in [0.2, 0.25) is 0 Å². The maximum atomic E-state index is 12.9. The summed E-state index contributed by atoms with van der Waals surface area (Å²) in [5, 5.41) is 6.17. The van der Waals surface area contributed by atoms with Gasteiger partial charge in [0.2, 0.25) is 11.7 Å². The maximum Gasteiger partial charge on any atom is 0.416 e. The van der Waals surface area contributed by atoms with Crippen molar-refractivity contribution in [2.24, 2.45) is 0 Å². The smallest absolute Gasteiger partial charge is 0.338 e. The monoisotopic (exact) mass is 466 g/mol. The normalized spacial score (nSPS) is 12.0. The van der Waals surface area contributed by atoms with E-state index >= 15 is 0 Å². The number of fused-ring (bicyclic) bond motifs is 1. The first kappa shape index (κ1) is 21.6. The number of thioether (sulfide) groups is 1. The van der Waals surface area contributed by atoms with Gasteiger partial charge in [-0.3, -0.25) is 9.36 Å². The zero-order valence-corrected chi connectivity index (χ0v) is 18.0. The van der Waals surface area contributed by atoms with E-state index in [0.29, 0.717) is 21.9 Å². The Morgan fingerprint density at radius 3 is 2.84 bits per heavy atom. The second-order valence-electron chi connectivity index (χ2n) is 6.72. The number of thiophene rings is 1. The lowest BCUT2D eigenvalue weighted by Crippen LogP contribution is -2.22. The van der Waals surface area contributed by atoms with E-state index in [1.807, 2.05) is 12.3 Å². The molecule has 0 fully saturated rings. The van der Waals surface area contributed by atoms with Gasteiger partial charge in [-0.1, -0.05) is 42.4 Å². The third kappa shape index (κ3) is 4.67. The van der Waals surface area contributed by atoms with Crippen molar-refractivity contribution < 1.29 is 17.7 Å². The van der Waals surface area contributed by atoms with Crippen LogP contribution in [0.4, 0.5) is 13.2 Å². The van der Waals surface area contributed by atoms with Crippen molar-refractivity contribution in [3.05, 3.63) is 57.5 Å². The lowest BCUT2D eigenvalue weighted by Gasteiger charge is -2.10. The van der Waals surface area contributed by atoms with Crippen LogP contribution in [-0.4, -0.2) is 19.7 Å². The molecule has 162 valence electrons. The largest absolute Gasteiger partial charge is 0.416 e. The molecule has 0 aliphatic rings. The lowest BCUT2D eigenvalue weighted by molar-refractivity contribution is -0.137. The van der Waals surface area contributed by atoms with Crippen LogP contribution in [-0.2, 0) is 18.5 Å². The molecule has 0 bridgehead atoms. The van der Waals surface area contributed by atoms with Gasteiger partial charge in [-0.2, -0.15) is 18.2 Å². The van der Waals surface area contributed by atoms with Gasteiger partial charge < -0.3 is 4.52 Å². The summed E-state index contributed by atoms with van der Waals surface area (Å²) in [6.45, 7) is 2.60. The third-order valence-corrected chi connectivity index (χ3v) is 6.36. The number of benzene rings is 1. The summed E-state index contributed by atoms with van der Waals surface area (Å²) in [7, 11) is 0. The molecule has 0 radical (unpaired) electrons. The van der Waals surface area contributed by atoms with Crippen LogP contribution in [0.5, 0.6) is 0 Å². The molecular formula is C20H17F3N4O2S2. The Bertz CT molecular complexity index is 1260. The molecule has 3 aromatic heterocycles. The number of aromatic nitrogens is 4. The molecule has 0 aliphatic carbocycles. The Balaban J connectivity index is 1.56. The predicted molar refractivity (Wildman–Crippen MR) is 113 cm³/mol. The van der Waals surface area contributed by atoms with Crippen LogP contribution >= 0.6 is 23.1 Å². The van der Waals surface area contributed by atoms with Crippen LogP contribution in [0.3, 0.4) is 0 Å². The molecule has 4 aromatic rings. The summed E-state index contributed by atoms with van der Waals surface area (Å²) < 4.78 is 46.3. The molecule has 4 rings (SSSR count). The first-order valence-electron chi connectivity index (χ1n) is 9.48. The van der Waals surface area contributed by atoms with Crippen molar-refractivity contribution >= 4 is 33.3 Å². The van der Waals surface area contributed by atoms with Crippen LogP contribution in [0.15, 0.2) is 50.2 Å². The SMILES string of the molecule is CCCCn1c(SCc2nc(-c3cccc(C(F)(F)F)c3)no2)nc2ccsc2c1=O. The van der Waals surface area contributed by atoms with Crippen molar-refractivity contribution in [2.75, 3.05) is 0 Å². The minimum absolute atomic E-state index is 0.0753. The number of alkyl halides is 3. The summed E-state index contributed by atoms with van der Waals surface area (Å²) in [5.41, 5.74) is -0.00186. The maximum absolute atomic E-state index is 12.9. The lowest BCUT2D eigenvalue weighted by atomic mass is 10.1. The highest BCUT2D eigenvalue weighted by molar-refractivity contribution is 7.98. The average Bonchev–Trinajstić information content (AvgIpc) is 3.41. The van der Waals surface area contributed by atoms with Gasteiger partial charge >= 0.3 is 6.18 Å². The van der Waals surface area contributed by atoms with Crippen molar-refractivity contribution in [1.29, 1.82) is 0 Å². The van der Waals surface area contributed by atoms with E-state index in [1.165, 1.54) is 35.2 Å². The minimum Gasteiger partial charge on any atom is -0.338 e. The molecule has 0 atom stereocenters. The Kier molecular flexibility index (Phi) is 6.15. The average molecular weight is 467 g/mol. The van der Waals surface area contributed by atoms with E-state index in [4.69, 9.17) is 4.52 Å². The Labute approximate surface area is 183 Å². The molecule has 0 amide bonds. The quantitative estimate of drug-likeness (QED) is 0.260. The molecule has 3 heterocycles. The van der Waals surface area contributed by atoms with Crippen LogP contribution < -0.4 is 5.56 Å². The molecule has 11 heteroatoms. The Hall–Kier alpha value is -2.66. The Morgan fingerprint density at radius 1 is 1.23 bits per heavy atom. The summed E-state index contributed by atoms with van der Waals surface area (Å²) >= 11 is 2.64. The van der Waals surface area contributed by atoms with E-state index < -0.39 is 11.7 Å². The van der Waals surface area contributed by atoms with Gasteiger partial charge in [0, 0.05) is 12.1 Å². The first-order valence-corrected chi connectivity index (χ1v) is 11.3. The van der Waals surface area contributed by atoms with E-state index in [9.17, 15) is 18.0 Å². The fourth-order valence-electron chi connectivity index (χ4n) is 2.94. The van der Waals surface area contributed by atoms with Crippen molar-refractivity contribution in [3.8, 4) is 11.4 Å². The van der Waals surface area contributed by atoms with Gasteiger partial charge in [0.1, 0.15) is 4.70 Å². The van der Waals surface area contributed by atoms with E-state index in [0.717, 1.165) is 25.0 Å². The van der Waals surface area contributed by atoms with Crippen LogP contribution in [0.25, 0.3) is 21.6 Å². The number of hydrogen-bond donors (Lipinski definition) is 0. The summed E-state index contributed by atoms with van der Waals surface area (Å²) in [6, 6.07) is 6.56. The number of hydrogen-bond acceptors (Lipinski definition) is 7. The molecule has 0 aliphatic heterocycles. The van der Waals surface area contributed by atoms with Gasteiger partial charge in [-0.25, -0.2) is 4.98 Å². The topological polar surface area (TPSA) is 73.8 Å².